The summed E-state index contributed by atoms with van der Waals surface area (Å²) in [4.78, 5) is 1.14. The van der Waals surface area contributed by atoms with Crippen LogP contribution in [0.15, 0.2) is 16.3 Å². The monoisotopic (exact) mass is 334 g/mol. The number of nitrogens with one attached hydrogen (secondary N) is 1. The SMILES string of the molecule is CCCNCCc1ccc(S(=O)(=O)N2CCSCC2)s1. The summed E-state index contributed by atoms with van der Waals surface area (Å²) in [7, 11) is -3.26. The molecule has 1 fully saturated rings. The number of rotatable bonds is 7. The molecular formula is C13H22N2O2S3. The fourth-order valence-corrected chi connectivity index (χ4v) is 6.14. The average Bonchev–Trinajstić information content (AvgIpc) is 2.94. The van der Waals surface area contributed by atoms with E-state index in [0.29, 0.717) is 17.3 Å². The Morgan fingerprint density at radius 2 is 2.00 bits per heavy atom. The van der Waals surface area contributed by atoms with Crippen LogP contribution in [0, 0.1) is 0 Å². The minimum atomic E-state index is -3.26. The number of sulfonamides is 1. The van der Waals surface area contributed by atoms with Gasteiger partial charge >= 0.3 is 0 Å². The van der Waals surface area contributed by atoms with E-state index < -0.39 is 10.0 Å². The van der Waals surface area contributed by atoms with E-state index in [-0.39, 0.29) is 0 Å². The van der Waals surface area contributed by atoms with E-state index in [2.05, 4.69) is 12.2 Å². The maximum atomic E-state index is 12.5. The van der Waals surface area contributed by atoms with Crippen molar-refractivity contribution in [3.05, 3.63) is 17.0 Å². The van der Waals surface area contributed by atoms with Crippen molar-refractivity contribution in [1.82, 2.24) is 9.62 Å². The first-order valence-electron chi connectivity index (χ1n) is 7.02. The molecule has 0 spiro atoms. The number of hydrogen-bond acceptors (Lipinski definition) is 5. The van der Waals surface area contributed by atoms with Crippen LogP contribution in [0.3, 0.4) is 0 Å². The van der Waals surface area contributed by atoms with Crippen LogP contribution in [0.4, 0.5) is 0 Å². The molecule has 20 heavy (non-hydrogen) atoms. The van der Waals surface area contributed by atoms with Gasteiger partial charge in [-0.15, -0.1) is 11.3 Å². The zero-order valence-corrected chi connectivity index (χ0v) is 14.2. The normalized spacial score (nSPS) is 17.4. The smallest absolute Gasteiger partial charge is 0.252 e. The van der Waals surface area contributed by atoms with Gasteiger partial charge < -0.3 is 5.32 Å². The Kier molecular flexibility index (Phi) is 6.35. The van der Waals surface area contributed by atoms with Crippen molar-refractivity contribution in [2.24, 2.45) is 0 Å². The van der Waals surface area contributed by atoms with Crippen molar-refractivity contribution in [3.63, 3.8) is 0 Å². The fourth-order valence-electron chi connectivity index (χ4n) is 2.06. The second kappa shape index (κ2) is 7.79. The lowest BCUT2D eigenvalue weighted by Crippen LogP contribution is -2.37. The van der Waals surface area contributed by atoms with Crippen LogP contribution in [0.2, 0.25) is 0 Å². The molecule has 0 aromatic carbocycles. The highest BCUT2D eigenvalue weighted by molar-refractivity contribution is 7.99. The summed E-state index contributed by atoms with van der Waals surface area (Å²) in [6, 6.07) is 3.71. The Labute approximate surface area is 130 Å². The van der Waals surface area contributed by atoms with Crippen LogP contribution < -0.4 is 5.32 Å². The summed E-state index contributed by atoms with van der Waals surface area (Å²) in [5, 5.41) is 3.34. The predicted molar refractivity (Wildman–Crippen MR) is 87.3 cm³/mol. The fraction of sp³-hybridized carbons (Fsp3) is 0.692. The van der Waals surface area contributed by atoms with Crippen molar-refractivity contribution < 1.29 is 8.42 Å². The number of thiophene rings is 1. The molecule has 2 rings (SSSR count). The zero-order valence-electron chi connectivity index (χ0n) is 11.8. The first kappa shape index (κ1) is 16.3. The van der Waals surface area contributed by atoms with E-state index in [9.17, 15) is 8.42 Å². The van der Waals surface area contributed by atoms with E-state index >= 15 is 0 Å². The minimum Gasteiger partial charge on any atom is -0.316 e. The molecule has 0 aliphatic carbocycles. The first-order chi connectivity index (χ1) is 9.64. The molecule has 2 heterocycles. The maximum Gasteiger partial charge on any atom is 0.252 e. The Bertz CT molecular complexity index is 507. The Morgan fingerprint density at radius 1 is 1.25 bits per heavy atom. The van der Waals surface area contributed by atoms with Crippen LogP contribution in [0.5, 0.6) is 0 Å². The second-order valence-corrected chi connectivity index (χ2v) is 9.30. The summed E-state index contributed by atoms with van der Waals surface area (Å²) in [5.74, 6) is 1.80. The van der Waals surface area contributed by atoms with E-state index in [0.717, 1.165) is 42.3 Å². The third-order valence-corrected chi connectivity index (χ3v) is 7.63. The van der Waals surface area contributed by atoms with Crippen LogP contribution >= 0.6 is 23.1 Å². The molecule has 1 N–H and O–H groups in total. The summed E-state index contributed by atoms with van der Waals surface area (Å²) < 4.78 is 27.1. The molecule has 4 nitrogen and oxygen atoms in total. The number of hydrogen-bond donors (Lipinski definition) is 1. The van der Waals surface area contributed by atoms with Crippen molar-refractivity contribution in [2.45, 2.75) is 24.0 Å². The first-order valence-corrected chi connectivity index (χ1v) is 10.4. The van der Waals surface area contributed by atoms with Gasteiger partial charge in [0.2, 0.25) is 0 Å². The molecule has 114 valence electrons. The van der Waals surface area contributed by atoms with E-state index in [1.165, 1.54) is 11.3 Å². The average molecular weight is 335 g/mol. The van der Waals surface area contributed by atoms with Gasteiger partial charge in [-0.25, -0.2) is 8.42 Å². The molecule has 1 aromatic rings. The highest BCUT2D eigenvalue weighted by Gasteiger charge is 2.27. The molecule has 1 aliphatic rings. The predicted octanol–water partition coefficient (Wildman–Crippen LogP) is 2.03. The Balaban J connectivity index is 1.96. The van der Waals surface area contributed by atoms with Gasteiger partial charge in [0.05, 0.1) is 0 Å². The summed E-state index contributed by atoms with van der Waals surface area (Å²) in [5.41, 5.74) is 0. The molecule has 1 aliphatic heterocycles. The zero-order chi connectivity index (χ0) is 14.4. The summed E-state index contributed by atoms with van der Waals surface area (Å²) in [6.45, 7) is 5.34. The number of nitrogens with zero attached hydrogens (tertiary/aromatic N) is 1. The molecule has 0 radical (unpaired) electrons. The van der Waals surface area contributed by atoms with Gasteiger partial charge in [0.1, 0.15) is 4.21 Å². The van der Waals surface area contributed by atoms with E-state index in [1.54, 1.807) is 10.4 Å². The van der Waals surface area contributed by atoms with E-state index in [1.807, 2.05) is 17.8 Å². The highest BCUT2D eigenvalue weighted by atomic mass is 32.2. The van der Waals surface area contributed by atoms with Crippen molar-refractivity contribution in [1.29, 1.82) is 0 Å². The highest BCUT2D eigenvalue weighted by Crippen LogP contribution is 2.26. The van der Waals surface area contributed by atoms with Crippen LogP contribution in [-0.2, 0) is 16.4 Å². The topological polar surface area (TPSA) is 49.4 Å². The molecule has 1 aromatic heterocycles. The molecule has 7 heteroatoms. The lowest BCUT2D eigenvalue weighted by Gasteiger charge is -2.24. The molecule has 0 bridgehead atoms. The van der Waals surface area contributed by atoms with Crippen LogP contribution in [-0.4, -0.2) is 50.4 Å². The van der Waals surface area contributed by atoms with E-state index in [4.69, 9.17) is 0 Å². The minimum absolute atomic E-state index is 0.495. The Hall–Kier alpha value is -0.0800. The van der Waals surface area contributed by atoms with Gasteiger partial charge in [0.25, 0.3) is 10.0 Å². The quantitative estimate of drug-likeness (QED) is 0.775. The maximum absolute atomic E-state index is 12.5. The van der Waals surface area contributed by atoms with Gasteiger partial charge in [0, 0.05) is 29.5 Å². The third kappa shape index (κ3) is 4.21. The molecule has 0 unspecified atom stereocenters. The molecule has 0 amide bonds. The van der Waals surface area contributed by atoms with Gasteiger partial charge in [-0.3, -0.25) is 0 Å². The largest absolute Gasteiger partial charge is 0.316 e. The summed E-state index contributed by atoms with van der Waals surface area (Å²) in [6.07, 6.45) is 2.02. The Morgan fingerprint density at radius 3 is 2.70 bits per heavy atom. The van der Waals surface area contributed by atoms with Crippen LogP contribution in [0.1, 0.15) is 18.2 Å². The second-order valence-electron chi connectivity index (χ2n) is 4.74. The standard InChI is InChI=1S/C13H22N2O2S3/c1-2-6-14-7-5-12-3-4-13(19-12)20(16,17)15-8-10-18-11-9-15/h3-4,14H,2,5-11H2,1H3. The molecular weight excluding hydrogens is 312 g/mol. The molecule has 0 saturated carbocycles. The van der Waals surface area contributed by atoms with Crippen molar-refractivity contribution >= 4 is 33.1 Å². The lowest BCUT2D eigenvalue weighted by atomic mass is 10.3. The van der Waals surface area contributed by atoms with Gasteiger partial charge in [-0.2, -0.15) is 16.1 Å². The number of thioether (sulfide) groups is 1. The molecule has 1 saturated heterocycles. The van der Waals surface area contributed by atoms with Crippen molar-refractivity contribution in [2.75, 3.05) is 37.7 Å². The van der Waals surface area contributed by atoms with Gasteiger partial charge in [0.15, 0.2) is 0 Å². The lowest BCUT2D eigenvalue weighted by molar-refractivity contribution is 0.445. The molecule has 0 atom stereocenters. The third-order valence-electron chi connectivity index (χ3n) is 3.18. The van der Waals surface area contributed by atoms with Crippen LogP contribution in [0.25, 0.3) is 0 Å². The van der Waals surface area contributed by atoms with Gasteiger partial charge in [-0.1, -0.05) is 6.92 Å². The summed E-state index contributed by atoms with van der Waals surface area (Å²) >= 11 is 3.23. The van der Waals surface area contributed by atoms with Gasteiger partial charge in [-0.05, 0) is 38.1 Å². The van der Waals surface area contributed by atoms with Crippen molar-refractivity contribution in [3.8, 4) is 0 Å².